The molecule has 0 radical (unpaired) electrons. The molecule has 134 valence electrons. The molecule has 24 heavy (non-hydrogen) atoms. The summed E-state index contributed by atoms with van der Waals surface area (Å²) in [5.41, 5.74) is 6.82. The molecule has 1 amide bonds. The van der Waals surface area contributed by atoms with Crippen LogP contribution in [-0.2, 0) is 6.42 Å². The fourth-order valence-corrected chi connectivity index (χ4v) is 2.91. The van der Waals surface area contributed by atoms with Crippen molar-refractivity contribution < 1.29 is 14.3 Å². The third-order valence-electron chi connectivity index (χ3n) is 3.91. The summed E-state index contributed by atoms with van der Waals surface area (Å²) in [4.78, 5) is 12.7. The maximum Gasteiger partial charge on any atom is 0.251 e. The van der Waals surface area contributed by atoms with Crippen molar-refractivity contribution in [1.82, 2.24) is 5.32 Å². The summed E-state index contributed by atoms with van der Waals surface area (Å²) < 4.78 is 10.8. The average molecular weight is 334 g/mol. The Morgan fingerprint density at radius 3 is 2.50 bits per heavy atom. The van der Waals surface area contributed by atoms with Gasteiger partial charge in [-0.1, -0.05) is 19.9 Å². The molecule has 1 unspecified atom stereocenters. The Hall–Kier alpha value is -2.01. The Labute approximate surface area is 145 Å². The van der Waals surface area contributed by atoms with E-state index in [1.54, 1.807) is 26.4 Å². The molecule has 0 aliphatic carbocycles. The number of methoxy groups -OCH3 is 2. The third kappa shape index (κ3) is 4.99. The van der Waals surface area contributed by atoms with Crippen LogP contribution >= 0.6 is 0 Å². The van der Waals surface area contributed by atoms with E-state index in [1.165, 1.54) is 0 Å². The van der Waals surface area contributed by atoms with Gasteiger partial charge in [0, 0.05) is 23.2 Å². The summed E-state index contributed by atoms with van der Waals surface area (Å²) in [5.74, 6) is 1.41. The molecule has 0 bridgehead atoms. The van der Waals surface area contributed by atoms with E-state index in [2.05, 4.69) is 25.7 Å². The smallest absolute Gasteiger partial charge is 0.251 e. The van der Waals surface area contributed by atoms with Gasteiger partial charge in [0.1, 0.15) is 0 Å². The molecule has 0 aliphatic heterocycles. The van der Waals surface area contributed by atoms with Crippen molar-refractivity contribution in [3.8, 4) is 11.5 Å². The minimum absolute atomic E-state index is 0.171. The molecule has 1 atom stereocenters. The van der Waals surface area contributed by atoms with Crippen LogP contribution < -0.4 is 20.5 Å². The standard InChI is InChI=1S/C19H30N2O3/c1-7-8-14-9-15(10-16(23-5)17(14)24-6)18(22)21-19(4,12-20)11-13(2)3/h7,9-10,13H,1,8,11-12,20H2,2-6H3,(H,21,22). The minimum Gasteiger partial charge on any atom is -0.493 e. The van der Waals surface area contributed by atoms with Crippen molar-refractivity contribution in [3.05, 3.63) is 35.9 Å². The van der Waals surface area contributed by atoms with Gasteiger partial charge in [-0.15, -0.1) is 6.58 Å². The fourth-order valence-electron chi connectivity index (χ4n) is 2.91. The van der Waals surface area contributed by atoms with Gasteiger partial charge >= 0.3 is 0 Å². The van der Waals surface area contributed by atoms with Crippen molar-refractivity contribution in [2.24, 2.45) is 11.7 Å². The van der Waals surface area contributed by atoms with Crippen LogP contribution in [0.25, 0.3) is 0 Å². The second-order valence-corrected chi connectivity index (χ2v) is 6.68. The Kier molecular flexibility index (Phi) is 7.29. The van der Waals surface area contributed by atoms with Crippen molar-refractivity contribution in [2.75, 3.05) is 20.8 Å². The topological polar surface area (TPSA) is 73.6 Å². The van der Waals surface area contributed by atoms with Crippen LogP contribution in [0.5, 0.6) is 11.5 Å². The van der Waals surface area contributed by atoms with Gasteiger partial charge < -0.3 is 20.5 Å². The Morgan fingerprint density at radius 2 is 2.04 bits per heavy atom. The number of benzene rings is 1. The quantitative estimate of drug-likeness (QED) is 0.681. The lowest BCUT2D eigenvalue weighted by atomic mass is 9.90. The van der Waals surface area contributed by atoms with Gasteiger partial charge in [0.15, 0.2) is 11.5 Å². The average Bonchev–Trinajstić information content (AvgIpc) is 2.53. The summed E-state index contributed by atoms with van der Waals surface area (Å²) in [5, 5.41) is 3.06. The zero-order valence-corrected chi connectivity index (χ0v) is 15.4. The normalized spacial score (nSPS) is 13.3. The van der Waals surface area contributed by atoms with Crippen LogP contribution in [0, 0.1) is 5.92 Å². The molecule has 5 nitrogen and oxygen atoms in total. The lowest BCUT2D eigenvalue weighted by Crippen LogP contribution is -2.52. The van der Waals surface area contributed by atoms with Crippen LogP contribution in [-0.4, -0.2) is 32.2 Å². The Bertz CT molecular complexity index is 584. The molecule has 5 heteroatoms. The number of hydrogen-bond acceptors (Lipinski definition) is 4. The fraction of sp³-hybridized carbons (Fsp3) is 0.526. The molecular weight excluding hydrogens is 304 g/mol. The highest BCUT2D eigenvalue weighted by Crippen LogP contribution is 2.33. The molecule has 0 heterocycles. The number of allylic oxidation sites excluding steroid dienone is 1. The molecule has 1 rings (SSSR count). The first-order chi connectivity index (χ1) is 11.3. The molecule has 3 N–H and O–H groups in total. The van der Waals surface area contributed by atoms with Gasteiger partial charge in [-0.05, 0) is 37.8 Å². The molecular formula is C19H30N2O3. The van der Waals surface area contributed by atoms with Gasteiger partial charge in [-0.3, -0.25) is 4.79 Å². The molecule has 1 aromatic carbocycles. The largest absolute Gasteiger partial charge is 0.493 e. The summed E-state index contributed by atoms with van der Waals surface area (Å²) in [6.07, 6.45) is 3.16. The van der Waals surface area contributed by atoms with Gasteiger partial charge in [0.05, 0.1) is 14.2 Å². The maximum absolute atomic E-state index is 12.7. The first kappa shape index (κ1) is 20.0. The van der Waals surface area contributed by atoms with Gasteiger partial charge in [-0.25, -0.2) is 0 Å². The number of ether oxygens (including phenoxy) is 2. The number of rotatable bonds is 9. The van der Waals surface area contributed by atoms with E-state index in [0.717, 1.165) is 12.0 Å². The monoisotopic (exact) mass is 334 g/mol. The Morgan fingerprint density at radius 1 is 1.38 bits per heavy atom. The van der Waals surface area contributed by atoms with Crippen LogP contribution in [0.15, 0.2) is 24.8 Å². The zero-order valence-electron chi connectivity index (χ0n) is 15.4. The highest BCUT2D eigenvalue weighted by atomic mass is 16.5. The van der Waals surface area contributed by atoms with Gasteiger partial charge in [0.25, 0.3) is 5.91 Å². The second kappa shape index (κ2) is 8.73. The number of hydrogen-bond donors (Lipinski definition) is 2. The van der Waals surface area contributed by atoms with E-state index in [1.807, 2.05) is 13.0 Å². The van der Waals surface area contributed by atoms with Crippen molar-refractivity contribution in [1.29, 1.82) is 0 Å². The summed E-state index contributed by atoms with van der Waals surface area (Å²) in [7, 11) is 3.14. The van der Waals surface area contributed by atoms with Crippen molar-refractivity contribution in [2.45, 2.75) is 39.2 Å². The molecule has 0 saturated carbocycles. The van der Waals surface area contributed by atoms with E-state index in [-0.39, 0.29) is 5.91 Å². The van der Waals surface area contributed by atoms with E-state index in [0.29, 0.717) is 35.9 Å². The first-order valence-electron chi connectivity index (χ1n) is 8.18. The SMILES string of the molecule is C=CCc1cc(C(=O)NC(C)(CN)CC(C)C)cc(OC)c1OC. The van der Waals surface area contributed by atoms with Crippen LogP contribution in [0.3, 0.4) is 0 Å². The summed E-state index contributed by atoms with van der Waals surface area (Å²) >= 11 is 0. The van der Waals surface area contributed by atoms with Crippen LogP contribution in [0.1, 0.15) is 43.1 Å². The number of carbonyl (C=O) groups is 1. The molecule has 0 aliphatic rings. The number of amides is 1. The third-order valence-corrected chi connectivity index (χ3v) is 3.91. The number of nitrogens with two attached hydrogens (primary N) is 1. The maximum atomic E-state index is 12.7. The highest BCUT2D eigenvalue weighted by Gasteiger charge is 2.27. The first-order valence-corrected chi connectivity index (χ1v) is 8.18. The van der Waals surface area contributed by atoms with Crippen molar-refractivity contribution >= 4 is 5.91 Å². The number of carbonyl (C=O) groups excluding carboxylic acids is 1. The van der Waals surface area contributed by atoms with Crippen LogP contribution in [0.4, 0.5) is 0 Å². The van der Waals surface area contributed by atoms with E-state index in [9.17, 15) is 4.79 Å². The van der Waals surface area contributed by atoms with Crippen LogP contribution in [0.2, 0.25) is 0 Å². The van der Waals surface area contributed by atoms with Crippen molar-refractivity contribution in [3.63, 3.8) is 0 Å². The second-order valence-electron chi connectivity index (χ2n) is 6.68. The predicted octanol–water partition coefficient (Wildman–Crippen LogP) is 2.93. The molecule has 0 fully saturated rings. The molecule has 1 aromatic rings. The minimum atomic E-state index is -0.447. The van der Waals surface area contributed by atoms with Gasteiger partial charge in [0.2, 0.25) is 0 Å². The lowest BCUT2D eigenvalue weighted by Gasteiger charge is -2.31. The van der Waals surface area contributed by atoms with Gasteiger partial charge in [-0.2, -0.15) is 0 Å². The molecule has 0 spiro atoms. The number of nitrogens with one attached hydrogen (secondary N) is 1. The zero-order chi connectivity index (χ0) is 18.3. The summed E-state index contributed by atoms with van der Waals surface area (Å²) in [6, 6.07) is 3.50. The summed E-state index contributed by atoms with van der Waals surface area (Å²) in [6.45, 7) is 10.3. The predicted molar refractivity (Wildman–Crippen MR) is 97.8 cm³/mol. The molecule has 0 aromatic heterocycles. The van der Waals surface area contributed by atoms with E-state index >= 15 is 0 Å². The molecule has 0 saturated heterocycles. The Balaban J connectivity index is 3.18. The lowest BCUT2D eigenvalue weighted by molar-refractivity contribution is 0.0897. The highest BCUT2D eigenvalue weighted by molar-refractivity contribution is 5.95. The van der Waals surface area contributed by atoms with E-state index < -0.39 is 5.54 Å². The van der Waals surface area contributed by atoms with E-state index in [4.69, 9.17) is 15.2 Å².